The van der Waals surface area contributed by atoms with Crippen LogP contribution in [0.2, 0.25) is 0 Å². The number of primary sulfonamides is 1. The maximum atomic E-state index is 13.9. The van der Waals surface area contributed by atoms with Gasteiger partial charge in [-0.05, 0) is 37.0 Å². The maximum Gasteiger partial charge on any atom is 0.238 e. The van der Waals surface area contributed by atoms with Crippen molar-refractivity contribution in [3.05, 3.63) is 24.0 Å². The molecule has 3 N–H and O–H groups in total. The van der Waals surface area contributed by atoms with Crippen LogP contribution in [0, 0.1) is 11.7 Å². The van der Waals surface area contributed by atoms with Crippen LogP contribution in [0.1, 0.15) is 12.8 Å². The van der Waals surface area contributed by atoms with E-state index < -0.39 is 21.4 Å². The fourth-order valence-electron chi connectivity index (χ4n) is 2.58. The van der Waals surface area contributed by atoms with E-state index in [-0.39, 0.29) is 4.90 Å². The Hall–Kier alpha value is -1.18. The molecule has 2 aliphatic rings. The van der Waals surface area contributed by atoms with E-state index in [2.05, 4.69) is 0 Å². The van der Waals surface area contributed by atoms with Crippen molar-refractivity contribution in [2.75, 3.05) is 18.0 Å². The molecular formula is C12H15FN2O3S. The number of halogens is 1. The van der Waals surface area contributed by atoms with E-state index in [4.69, 9.17) is 5.14 Å². The average molecular weight is 286 g/mol. The van der Waals surface area contributed by atoms with Gasteiger partial charge in [0.2, 0.25) is 10.0 Å². The number of nitrogens with two attached hydrogens (primary N) is 1. The third-order valence-electron chi connectivity index (χ3n) is 3.85. The molecule has 1 aromatic carbocycles. The summed E-state index contributed by atoms with van der Waals surface area (Å²) in [6.45, 7) is 0.784. The smallest absolute Gasteiger partial charge is 0.238 e. The minimum absolute atomic E-state index is 0.244. The average Bonchev–Trinajstić information content (AvgIpc) is 3.07. The molecule has 1 aliphatic heterocycles. The Morgan fingerprint density at radius 1 is 1.37 bits per heavy atom. The molecule has 1 aromatic rings. The Kier molecular flexibility index (Phi) is 2.64. The van der Waals surface area contributed by atoms with Gasteiger partial charge >= 0.3 is 0 Å². The van der Waals surface area contributed by atoms with Crippen LogP contribution in [0.5, 0.6) is 0 Å². The molecule has 0 aromatic heterocycles. The standard InChI is InChI=1S/C12H15FN2O3S/c13-10-5-9(19(14,17)18)3-4-11(10)15-6-12(16,7-15)8-1-2-8/h3-5,8,16H,1-2,6-7H2,(H2,14,17,18). The van der Waals surface area contributed by atoms with Gasteiger partial charge in [0.1, 0.15) is 11.4 Å². The Labute approximate surface area is 110 Å². The molecule has 2 fully saturated rings. The number of benzene rings is 1. The summed E-state index contributed by atoms with van der Waals surface area (Å²) in [7, 11) is -3.89. The van der Waals surface area contributed by atoms with Gasteiger partial charge < -0.3 is 10.0 Å². The first-order chi connectivity index (χ1) is 8.79. The van der Waals surface area contributed by atoms with Gasteiger partial charge in [-0.3, -0.25) is 0 Å². The first-order valence-electron chi connectivity index (χ1n) is 6.09. The van der Waals surface area contributed by atoms with Crippen LogP contribution in [0.3, 0.4) is 0 Å². The Bertz CT molecular complexity index is 622. The summed E-state index contributed by atoms with van der Waals surface area (Å²) in [5, 5.41) is 15.1. The molecule has 104 valence electrons. The van der Waals surface area contributed by atoms with Crippen molar-refractivity contribution in [2.24, 2.45) is 11.1 Å². The Morgan fingerprint density at radius 3 is 2.47 bits per heavy atom. The van der Waals surface area contributed by atoms with Crippen LogP contribution in [0.15, 0.2) is 23.1 Å². The van der Waals surface area contributed by atoms with Crippen molar-refractivity contribution in [1.29, 1.82) is 0 Å². The topological polar surface area (TPSA) is 83.6 Å². The van der Waals surface area contributed by atoms with Crippen molar-refractivity contribution >= 4 is 15.7 Å². The molecule has 0 amide bonds. The number of hydrogen-bond donors (Lipinski definition) is 2. The summed E-state index contributed by atoms with van der Waals surface area (Å²) in [5.74, 6) is -0.306. The van der Waals surface area contributed by atoms with Gasteiger partial charge in [-0.15, -0.1) is 0 Å². The highest BCUT2D eigenvalue weighted by Gasteiger charge is 2.52. The SMILES string of the molecule is NS(=O)(=O)c1ccc(N2CC(O)(C3CC3)C2)c(F)c1. The fourth-order valence-corrected chi connectivity index (χ4v) is 3.11. The number of rotatable bonds is 3. The summed E-state index contributed by atoms with van der Waals surface area (Å²) in [4.78, 5) is 1.47. The molecule has 7 heteroatoms. The quantitative estimate of drug-likeness (QED) is 0.844. The lowest BCUT2D eigenvalue weighted by Crippen LogP contribution is -2.63. The van der Waals surface area contributed by atoms with E-state index in [1.165, 1.54) is 12.1 Å². The van der Waals surface area contributed by atoms with Crippen molar-refractivity contribution in [3.63, 3.8) is 0 Å². The fraction of sp³-hybridized carbons (Fsp3) is 0.500. The third-order valence-corrected chi connectivity index (χ3v) is 4.77. The zero-order valence-electron chi connectivity index (χ0n) is 10.2. The number of nitrogens with zero attached hydrogens (tertiary/aromatic N) is 1. The zero-order valence-corrected chi connectivity index (χ0v) is 11.0. The van der Waals surface area contributed by atoms with E-state index in [1.54, 1.807) is 4.90 Å². The van der Waals surface area contributed by atoms with E-state index in [9.17, 15) is 17.9 Å². The van der Waals surface area contributed by atoms with Gasteiger partial charge in [0.15, 0.2) is 0 Å². The minimum Gasteiger partial charge on any atom is -0.386 e. The summed E-state index contributed by atoms with van der Waals surface area (Å²) in [6.07, 6.45) is 2.05. The first kappa shape index (κ1) is 12.8. The van der Waals surface area contributed by atoms with Crippen LogP contribution in [0.4, 0.5) is 10.1 Å². The molecule has 0 atom stereocenters. The molecule has 0 bridgehead atoms. The lowest BCUT2D eigenvalue weighted by atomic mass is 9.88. The Balaban J connectivity index is 1.80. The number of anilines is 1. The first-order valence-corrected chi connectivity index (χ1v) is 7.64. The number of hydrogen-bond acceptors (Lipinski definition) is 4. The highest BCUT2D eigenvalue weighted by atomic mass is 32.2. The lowest BCUT2D eigenvalue weighted by Gasteiger charge is -2.48. The van der Waals surface area contributed by atoms with Gasteiger partial charge in [-0.1, -0.05) is 0 Å². The van der Waals surface area contributed by atoms with Crippen molar-refractivity contribution in [1.82, 2.24) is 0 Å². The van der Waals surface area contributed by atoms with Gasteiger partial charge in [-0.25, -0.2) is 17.9 Å². The van der Waals surface area contributed by atoms with E-state index in [0.717, 1.165) is 18.9 Å². The second-order valence-corrected chi connectivity index (χ2v) is 6.95. The molecule has 0 spiro atoms. The summed E-state index contributed by atoms with van der Waals surface area (Å²) >= 11 is 0. The summed E-state index contributed by atoms with van der Waals surface area (Å²) < 4.78 is 36.1. The monoisotopic (exact) mass is 286 g/mol. The highest BCUT2D eigenvalue weighted by molar-refractivity contribution is 7.89. The normalized spacial score (nSPS) is 22.2. The summed E-state index contributed by atoms with van der Waals surface area (Å²) in [6, 6.07) is 3.59. The van der Waals surface area contributed by atoms with Crippen LogP contribution < -0.4 is 10.0 Å². The van der Waals surface area contributed by atoms with Crippen molar-refractivity contribution in [2.45, 2.75) is 23.3 Å². The molecule has 5 nitrogen and oxygen atoms in total. The molecule has 1 heterocycles. The zero-order chi connectivity index (χ0) is 13.8. The third kappa shape index (κ3) is 2.22. The van der Waals surface area contributed by atoms with Crippen molar-refractivity contribution in [3.8, 4) is 0 Å². The number of aliphatic hydroxyl groups is 1. The molecular weight excluding hydrogens is 271 g/mol. The predicted octanol–water partition coefficient (Wildman–Crippen LogP) is 0.434. The van der Waals surface area contributed by atoms with Crippen LogP contribution in [-0.2, 0) is 10.0 Å². The molecule has 3 rings (SSSR count). The molecule has 1 saturated heterocycles. The molecule has 0 unspecified atom stereocenters. The highest BCUT2D eigenvalue weighted by Crippen LogP contribution is 2.46. The van der Waals surface area contributed by atoms with E-state index in [0.29, 0.717) is 24.7 Å². The van der Waals surface area contributed by atoms with E-state index in [1.807, 2.05) is 0 Å². The number of β-amino-alcohol motifs (C(OH)–C–C–N with tert-alkyl or cyclic N) is 1. The number of sulfonamides is 1. The Morgan fingerprint density at radius 2 is 2.00 bits per heavy atom. The largest absolute Gasteiger partial charge is 0.386 e. The van der Waals surface area contributed by atoms with E-state index >= 15 is 0 Å². The molecule has 19 heavy (non-hydrogen) atoms. The van der Waals surface area contributed by atoms with Crippen LogP contribution >= 0.6 is 0 Å². The molecule has 1 saturated carbocycles. The maximum absolute atomic E-state index is 13.9. The minimum atomic E-state index is -3.89. The summed E-state index contributed by atoms with van der Waals surface area (Å²) in [5.41, 5.74) is -0.400. The van der Waals surface area contributed by atoms with Crippen LogP contribution in [0.25, 0.3) is 0 Å². The predicted molar refractivity (Wildman–Crippen MR) is 67.7 cm³/mol. The van der Waals surface area contributed by atoms with Gasteiger partial charge in [0, 0.05) is 13.1 Å². The van der Waals surface area contributed by atoms with Gasteiger partial charge in [0.25, 0.3) is 0 Å². The molecule has 1 aliphatic carbocycles. The molecule has 0 radical (unpaired) electrons. The van der Waals surface area contributed by atoms with Gasteiger partial charge in [0.05, 0.1) is 10.6 Å². The van der Waals surface area contributed by atoms with Crippen molar-refractivity contribution < 1.29 is 17.9 Å². The second-order valence-electron chi connectivity index (χ2n) is 5.39. The lowest BCUT2D eigenvalue weighted by molar-refractivity contribution is -0.00963. The second kappa shape index (κ2) is 3.91. The van der Waals surface area contributed by atoms with Crippen LogP contribution in [-0.4, -0.2) is 32.2 Å². The van der Waals surface area contributed by atoms with Gasteiger partial charge in [-0.2, -0.15) is 0 Å².